The van der Waals surface area contributed by atoms with Gasteiger partial charge in [0.05, 0.1) is 18.8 Å². The maximum Gasteiger partial charge on any atom is 0.331 e. The number of ether oxygens (including phenoxy) is 1. The normalized spacial score (nSPS) is 14.8. The van der Waals surface area contributed by atoms with Crippen molar-refractivity contribution < 1.29 is 23.5 Å². The molecule has 9 heteroatoms. The first-order valence-electron chi connectivity index (χ1n) is 14.7. The molecule has 3 amide bonds. The number of fused-ring (bicyclic) bond motifs is 3. The van der Waals surface area contributed by atoms with E-state index < -0.39 is 17.8 Å². The number of anilines is 2. The summed E-state index contributed by atoms with van der Waals surface area (Å²) >= 11 is 0. The number of amides is 3. The van der Waals surface area contributed by atoms with E-state index in [4.69, 9.17) is 4.74 Å². The van der Waals surface area contributed by atoms with Gasteiger partial charge in [-0.1, -0.05) is 36.4 Å². The number of hydrogen-bond donors (Lipinski definition) is 1. The topological polar surface area (TPSA) is 83.9 Å². The molecule has 0 aliphatic carbocycles. The van der Waals surface area contributed by atoms with Gasteiger partial charge in [-0.25, -0.2) is 14.0 Å². The Labute approximate surface area is 255 Å². The zero-order valence-corrected chi connectivity index (χ0v) is 24.7. The lowest BCUT2D eigenvalue weighted by molar-refractivity contribution is -0.137. The van der Waals surface area contributed by atoms with E-state index in [2.05, 4.69) is 9.88 Å². The van der Waals surface area contributed by atoms with Crippen LogP contribution in [-0.2, 0) is 29.2 Å². The largest absolute Gasteiger partial charge is 0.463 e. The number of aromatic nitrogens is 1. The lowest BCUT2D eigenvalue weighted by Crippen LogP contribution is -2.43. The van der Waals surface area contributed by atoms with Crippen molar-refractivity contribution >= 4 is 34.9 Å². The molecule has 2 aliphatic heterocycles. The lowest BCUT2D eigenvalue weighted by Gasteiger charge is -2.31. The van der Waals surface area contributed by atoms with E-state index in [1.807, 2.05) is 66.6 Å². The minimum atomic E-state index is -0.548. The molecule has 1 aromatic heterocycles. The van der Waals surface area contributed by atoms with Crippen LogP contribution in [0.15, 0.2) is 85.1 Å². The van der Waals surface area contributed by atoms with Crippen molar-refractivity contribution in [2.24, 2.45) is 0 Å². The van der Waals surface area contributed by atoms with Gasteiger partial charge in [-0.05, 0) is 78.9 Å². The number of halogens is 1. The predicted molar refractivity (Wildman–Crippen MR) is 167 cm³/mol. The summed E-state index contributed by atoms with van der Waals surface area (Å²) in [6.07, 6.45) is 3.78. The highest BCUT2D eigenvalue weighted by molar-refractivity contribution is 6.06. The van der Waals surface area contributed by atoms with Crippen LogP contribution in [0.25, 0.3) is 5.57 Å². The monoisotopic (exact) mass is 592 g/mol. The van der Waals surface area contributed by atoms with Gasteiger partial charge in [0.25, 0.3) is 5.91 Å². The summed E-state index contributed by atoms with van der Waals surface area (Å²) in [5.41, 5.74) is 6.52. The smallest absolute Gasteiger partial charge is 0.331 e. The van der Waals surface area contributed by atoms with Crippen LogP contribution in [0.5, 0.6) is 0 Å². The molecular formula is C35H33FN4O4. The Kier molecular flexibility index (Phi) is 8.02. The van der Waals surface area contributed by atoms with Crippen LogP contribution < -0.4 is 15.1 Å². The molecule has 3 heterocycles. The molecule has 0 fully saturated rings. The van der Waals surface area contributed by atoms with Crippen LogP contribution in [0, 0.1) is 12.7 Å². The highest BCUT2D eigenvalue weighted by Gasteiger charge is 2.29. The predicted octanol–water partition coefficient (Wildman–Crippen LogP) is 6.21. The van der Waals surface area contributed by atoms with E-state index in [9.17, 15) is 14.4 Å². The van der Waals surface area contributed by atoms with Crippen molar-refractivity contribution in [3.63, 3.8) is 0 Å². The molecule has 0 saturated heterocycles. The van der Waals surface area contributed by atoms with Crippen LogP contribution in [0.1, 0.15) is 51.7 Å². The van der Waals surface area contributed by atoms with Crippen LogP contribution >= 0.6 is 0 Å². The number of aryl methyl sites for hydroxylation is 1. The molecule has 0 saturated carbocycles. The van der Waals surface area contributed by atoms with E-state index in [0.717, 1.165) is 28.1 Å². The van der Waals surface area contributed by atoms with Gasteiger partial charge in [-0.3, -0.25) is 9.69 Å². The number of nitrogens with one attached hydrogen (secondary N) is 1. The zero-order valence-electron chi connectivity index (χ0n) is 24.7. The Bertz CT molecular complexity index is 1790. The Balaban J connectivity index is 1.18. The SMILES string of the molecule is CCOC(=O)/C=C1/CCN(C(=O)NCc2ccc(C(=O)N3Cc4cccn4Cc4ccccc43)cc2C)c2c(F)cccc21. The summed E-state index contributed by atoms with van der Waals surface area (Å²) in [5.74, 6) is -1.14. The number of benzene rings is 3. The summed E-state index contributed by atoms with van der Waals surface area (Å²) in [6.45, 7) is 5.43. The highest BCUT2D eigenvalue weighted by atomic mass is 19.1. The average Bonchev–Trinajstić information content (AvgIpc) is 3.39. The van der Waals surface area contributed by atoms with Crippen molar-refractivity contribution in [3.8, 4) is 0 Å². The first kappa shape index (κ1) is 28.9. The summed E-state index contributed by atoms with van der Waals surface area (Å²) in [6, 6.07) is 21.6. The molecule has 1 N–H and O–H groups in total. The van der Waals surface area contributed by atoms with Gasteiger partial charge < -0.3 is 19.5 Å². The van der Waals surface area contributed by atoms with Gasteiger partial charge in [0, 0.05) is 54.4 Å². The van der Waals surface area contributed by atoms with E-state index in [1.165, 1.54) is 17.0 Å². The third-order valence-corrected chi connectivity index (χ3v) is 8.16. The van der Waals surface area contributed by atoms with Gasteiger partial charge >= 0.3 is 12.0 Å². The van der Waals surface area contributed by atoms with Crippen molar-refractivity contribution in [3.05, 3.63) is 124 Å². The summed E-state index contributed by atoms with van der Waals surface area (Å²) in [5, 5.41) is 2.91. The van der Waals surface area contributed by atoms with Crippen molar-refractivity contribution in [1.29, 1.82) is 0 Å². The molecule has 8 nitrogen and oxygen atoms in total. The highest BCUT2D eigenvalue weighted by Crippen LogP contribution is 2.37. The quantitative estimate of drug-likeness (QED) is 0.221. The lowest BCUT2D eigenvalue weighted by atomic mass is 9.95. The first-order chi connectivity index (χ1) is 21.3. The second kappa shape index (κ2) is 12.2. The molecule has 4 aromatic rings. The van der Waals surface area contributed by atoms with Crippen LogP contribution in [-0.4, -0.2) is 35.6 Å². The fourth-order valence-electron chi connectivity index (χ4n) is 5.92. The number of esters is 1. The van der Waals surface area contributed by atoms with E-state index in [-0.39, 0.29) is 31.3 Å². The Morgan fingerprint density at radius 3 is 2.64 bits per heavy atom. The second-order valence-electron chi connectivity index (χ2n) is 10.9. The number of rotatable bonds is 5. The minimum Gasteiger partial charge on any atom is -0.463 e. The van der Waals surface area contributed by atoms with Crippen molar-refractivity contribution in [2.45, 2.75) is 39.9 Å². The number of para-hydroxylation sites is 2. The van der Waals surface area contributed by atoms with E-state index in [0.29, 0.717) is 36.2 Å². The Morgan fingerprint density at radius 1 is 0.977 bits per heavy atom. The number of carbonyl (C=O) groups is 3. The standard InChI is InChI=1S/C35H33FN4O4/c1-3-44-32(41)19-24-15-17-39(33-29(24)10-6-11-30(33)36)35(43)37-20-26-14-13-25(18-23(26)2)34(42)40-22-28-9-7-16-38(28)21-27-8-4-5-12-31(27)40/h4-14,16,18-19H,3,15,17,20-22H2,1-2H3,(H,37,43)/b24-19-. The van der Waals surface area contributed by atoms with Crippen molar-refractivity contribution in [2.75, 3.05) is 23.0 Å². The van der Waals surface area contributed by atoms with Crippen LogP contribution in [0.4, 0.5) is 20.6 Å². The number of urea groups is 1. The van der Waals surface area contributed by atoms with Gasteiger partial charge in [0.15, 0.2) is 0 Å². The van der Waals surface area contributed by atoms with Crippen LogP contribution in [0.2, 0.25) is 0 Å². The maximum absolute atomic E-state index is 15.0. The molecule has 2 aliphatic rings. The third kappa shape index (κ3) is 5.60. The van der Waals surface area contributed by atoms with Gasteiger partial charge in [0.2, 0.25) is 0 Å². The Hall–Kier alpha value is -5.18. The zero-order chi connectivity index (χ0) is 30.8. The third-order valence-electron chi connectivity index (χ3n) is 8.16. The number of hydrogen-bond acceptors (Lipinski definition) is 4. The number of carbonyl (C=O) groups excluding carboxylic acids is 3. The summed E-state index contributed by atoms with van der Waals surface area (Å²) in [7, 11) is 0. The Morgan fingerprint density at radius 2 is 1.82 bits per heavy atom. The molecule has 44 heavy (non-hydrogen) atoms. The van der Waals surface area contributed by atoms with Gasteiger partial charge in [-0.15, -0.1) is 0 Å². The van der Waals surface area contributed by atoms with Gasteiger partial charge in [-0.2, -0.15) is 0 Å². The molecule has 0 unspecified atom stereocenters. The summed E-state index contributed by atoms with van der Waals surface area (Å²) < 4.78 is 22.2. The molecule has 6 rings (SSSR count). The summed E-state index contributed by atoms with van der Waals surface area (Å²) in [4.78, 5) is 42.4. The van der Waals surface area contributed by atoms with Gasteiger partial charge in [0.1, 0.15) is 5.82 Å². The second-order valence-corrected chi connectivity index (χ2v) is 10.9. The molecule has 0 bridgehead atoms. The van der Waals surface area contributed by atoms with Crippen molar-refractivity contribution in [1.82, 2.24) is 9.88 Å². The fraction of sp³-hybridized carbons (Fsp3) is 0.229. The van der Waals surface area contributed by atoms with E-state index >= 15 is 4.39 Å². The van der Waals surface area contributed by atoms with E-state index in [1.54, 1.807) is 25.1 Å². The first-order valence-corrected chi connectivity index (χ1v) is 14.7. The maximum atomic E-state index is 15.0. The molecule has 0 radical (unpaired) electrons. The molecule has 3 aromatic carbocycles. The molecule has 224 valence electrons. The molecular weight excluding hydrogens is 559 g/mol. The molecule has 0 atom stereocenters. The fourth-order valence-corrected chi connectivity index (χ4v) is 5.92. The average molecular weight is 593 g/mol. The number of nitrogens with zero attached hydrogens (tertiary/aromatic N) is 3. The van der Waals surface area contributed by atoms with Crippen LogP contribution in [0.3, 0.4) is 0 Å². The minimum absolute atomic E-state index is 0.0992. The molecule has 0 spiro atoms.